The summed E-state index contributed by atoms with van der Waals surface area (Å²) in [4.78, 5) is 4.34. The molecule has 0 aliphatic heterocycles. The van der Waals surface area contributed by atoms with Gasteiger partial charge in [0.05, 0.1) is 18.5 Å². The molecule has 1 aromatic heterocycles. The van der Waals surface area contributed by atoms with Crippen molar-refractivity contribution in [1.29, 1.82) is 0 Å². The van der Waals surface area contributed by atoms with Crippen LogP contribution in [0.25, 0.3) is 0 Å². The Hall–Kier alpha value is -1.62. The van der Waals surface area contributed by atoms with Crippen molar-refractivity contribution in [3.8, 4) is 5.75 Å². The predicted octanol–water partition coefficient (Wildman–Crippen LogP) is 4.04. The monoisotopic (exact) mass is 310 g/mol. The summed E-state index contributed by atoms with van der Waals surface area (Å²) < 4.78 is 19.3. The van der Waals surface area contributed by atoms with E-state index in [2.05, 4.69) is 26.2 Å². The van der Waals surface area contributed by atoms with E-state index < -0.39 is 0 Å². The van der Waals surface area contributed by atoms with Crippen LogP contribution in [-0.2, 0) is 0 Å². The fraction of sp³-hybridized carbons (Fsp3) is 0.154. The van der Waals surface area contributed by atoms with E-state index in [1.54, 1.807) is 19.2 Å². The van der Waals surface area contributed by atoms with E-state index in [4.69, 9.17) is 4.74 Å². The Morgan fingerprint density at radius 2 is 2.06 bits per heavy atom. The van der Waals surface area contributed by atoms with Crippen molar-refractivity contribution < 1.29 is 9.13 Å². The van der Waals surface area contributed by atoms with Gasteiger partial charge in [0.2, 0.25) is 0 Å². The Morgan fingerprint density at radius 3 is 2.72 bits per heavy atom. The molecule has 0 bridgehead atoms. The molecule has 0 spiro atoms. The lowest BCUT2D eigenvalue weighted by molar-refractivity contribution is 0.416. The zero-order valence-electron chi connectivity index (χ0n) is 10.00. The van der Waals surface area contributed by atoms with Crippen molar-refractivity contribution in [1.82, 2.24) is 4.98 Å². The number of anilines is 2. The molecule has 0 unspecified atom stereocenters. The largest absolute Gasteiger partial charge is 0.495 e. The van der Waals surface area contributed by atoms with Gasteiger partial charge in [-0.3, -0.25) is 0 Å². The Morgan fingerprint density at radius 1 is 1.28 bits per heavy atom. The van der Waals surface area contributed by atoms with Gasteiger partial charge in [0, 0.05) is 10.5 Å². The molecular weight excluding hydrogens is 299 g/mol. The minimum Gasteiger partial charge on any atom is -0.495 e. The summed E-state index contributed by atoms with van der Waals surface area (Å²) in [5.74, 6) is 0.880. The highest BCUT2D eigenvalue weighted by Gasteiger charge is 2.06. The van der Waals surface area contributed by atoms with Gasteiger partial charge in [0.15, 0.2) is 0 Å². The molecule has 0 aliphatic carbocycles. The molecule has 18 heavy (non-hydrogen) atoms. The number of rotatable bonds is 3. The smallest absolute Gasteiger partial charge is 0.142 e. The van der Waals surface area contributed by atoms with Gasteiger partial charge in [-0.1, -0.05) is 0 Å². The zero-order chi connectivity index (χ0) is 13.1. The molecule has 0 radical (unpaired) electrons. The van der Waals surface area contributed by atoms with Crippen LogP contribution in [0.1, 0.15) is 5.69 Å². The minimum absolute atomic E-state index is 0.327. The van der Waals surface area contributed by atoms with Crippen LogP contribution in [0, 0.1) is 12.7 Å². The van der Waals surface area contributed by atoms with Crippen LogP contribution < -0.4 is 10.1 Å². The second-order valence-corrected chi connectivity index (χ2v) is 4.59. The highest BCUT2D eigenvalue weighted by Crippen LogP contribution is 2.28. The summed E-state index contributed by atoms with van der Waals surface area (Å²) in [5, 5.41) is 3.04. The SMILES string of the molecule is COc1ccc(F)cc1Nc1ccc(Br)c(C)n1. The van der Waals surface area contributed by atoms with E-state index >= 15 is 0 Å². The first kappa shape index (κ1) is 12.8. The van der Waals surface area contributed by atoms with Crippen molar-refractivity contribution in [2.24, 2.45) is 0 Å². The second kappa shape index (κ2) is 5.35. The number of benzene rings is 1. The van der Waals surface area contributed by atoms with Gasteiger partial charge in [-0.15, -0.1) is 0 Å². The first-order valence-corrected chi connectivity index (χ1v) is 6.13. The van der Waals surface area contributed by atoms with E-state index in [0.717, 1.165) is 10.2 Å². The average molecular weight is 311 g/mol. The predicted molar refractivity (Wildman–Crippen MR) is 72.9 cm³/mol. The van der Waals surface area contributed by atoms with Gasteiger partial charge < -0.3 is 10.1 Å². The molecule has 0 saturated carbocycles. The van der Waals surface area contributed by atoms with E-state index in [-0.39, 0.29) is 5.82 Å². The maximum atomic E-state index is 13.2. The Bertz CT molecular complexity index is 575. The van der Waals surface area contributed by atoms with Crippen LogP contribution in [-0.4, -0.2) is 12.1 Å². The number of ether oxygens (including phenoxy) is 1. The summed E-state index contributed by atoms with van der Waals surface area (Å²) in [7, 11) is 1.54. The molecule has 0 saturated heterocycles. The molecule has 2 aromatic rings. The molecular formula is C13H12BrFN2O. The molecule has 0 amide bonds. The number of halogens is 2. The molecule has 0 atom stereocenters. The summed E-state index contributed by atoms with van der Waals surface area (Å²) >= 11 is 3.38. The van der Waals surface area contributed by atoms with Gasteiger partial charge in [-0.05, 0) is 47.1 Å². The number of aryl methyl sites for hydroxylation is 1. The number of hydrogen-bond donors (Lipinski definition) is 1. The molecule has 0 fully saturated rings. The second-order valence-electron chi connectivity index (χ2n) is 3.73. The van der Waals surface area contributed by atoms with Crippen molar-refractivity contribution >= 4 is 27.4 Å². The van der Waals surface area contributed by atoms with E-state index in [9.17, 15) is 4.39 Å². The van der Waals surface area contributed by atoms with Gasteiger partial charge >= 0.3 is 0 Å². The number of pyridine rings is 1. The van der Waals surface area contributed by atoms with Gasteiger partial charge in [-0.2, -0.15) is 0 Å². The van der Waals surface area contributed by atoms with E-state index in [0.29, 0.717) is 17.3 Å². The van der Waals surface area contributed by atoms with Crippen molar-refractivity contribution in [2.75, 3.05) is 12.4 Å². The van der Waals surface area contributed by atoms with Gasteiger partial charge in [-0.25, -0.2) is 9.37 Å². The number of aromatic nitrogens is 1. The first-order valence-electron chi connectivity index (χ1n) is 5.34. The zero-order valence-corrected chi connectivity index (χ0v) is 11.6. The normalized spacial score (nSPS) is 10.2. The maximum absolute atomic E-state index is 13.2. The topological polar surface area (TPSA) is 34.1 Å². The van der Waals surface area contributed by atoms with Crippen LogP contribution in [0.4, 0.5) is 15.9 Å². The van der Waals surface area contributed by atoms with Crippen LogP contribution in [0.5, 0.6) is 5.75 Å². The quantitative estimate of drug-likeness (QED) is 0.929. The van der Waals surface area contributed by atoms with Crippen LogP contribution >= 0.6 is 15.9 Å². The Labute approximate surface area is 113 Å². The summed E-state index contributed by atoms with van der Waals surface area (Å²) in [5.41, 5.74) is 1.40. The standard InChI is InChI=1S/C13H12BrFN2O/c1-8-10(14)4-6-13(16-8)17-11-7-9(15)3-5-12(11)18-2/h3-7H,1-2H3,(H,16,17). The summed E-state index contributed by atoms with van der Waals surface area (Å²) in [6.07, 6.45) is 0. The highest BCUT2D eigenvalue weighted by atomic mass is 79.9. The number of methoxy groups -OCH3 is 1. The number of nitrogens with one attached hydrogen (secondary N) is 1. The highest BCUT2D eigenvalue weighted by molar-refractivity contribution is 9.10. The molecule has 1 aromatic carbocycles. The number of hydrogen-bond acceptors (Lipinski definition) is 3. The van der Waals surface area contributed by atoms with Crippen molar-refractivity contribution in [2.45, 2.75) is 6.92 Å². The summed E-state index contributed by atoms with van der Waals surface area (Å²) in [6, 6.07) is 7.99. The Kier molecular flexibility index (Phi) is 3.81. The molecule has 2 rings (SSSR count). The lowest BCUT2D eigenvalue weighted by atomic mass is 10.2. The fourth-order valence-electron chi connectivity index (χ4n) is 1.53. The van der Waals surface area contributed by atoms with Crippen LogP contribution in [0.15, 0.2) is 34.8 Å². The molecule has 3 nitrogen and oxygen atoms in total. The van der Waals surface area contributed by atoms with E-state index in [1.807, 2.05) is 13.0 Å². The van der Waals surface area contributed by atoms with Gasteiger partial charge in [0.1, 0.15) is 17.4 Å². The maximum Gasteiger partial charge on any atom is 0.142 e. The third-order valence-electron chi connectivity index (χ3n) is 2.45. The average Bonchev–Trinajstić information content (AvgIpc) is 2.34. The molecule has 0 aliphatic rings. The van der Waals surface area contributed by atoms with Crippen LogP contribution in [0.2, 0.25) is 0 Å². The van der Waals surface area contributed by atoms with E-state index in [1.165, 1.54) is 12.1 Å². The molecule has 94 valence electrons. The summed E-state index contributed by atoms with van der Waals surface area (Å²) in [6.45, 7) is 1.89. The molecule has 1 N–H and O–H groups in total. The molecule has 1 heterocycles. The minimum atomic E-state index is -0.327. The number of nitrogens with zero attached hydrogens (tertiary/aromatic N) is 1. The third kappa shape index (κ3) is 2.79. The fourth-order valence-corrected chi connectivity index (χ4v) is 1.75. The third-order valence-corrected chi connectivity index (χ3v) is 3.28. The van der Waals surface area contributed by atoms with Crippen LogP contribution in [0.3, 0.4) is 0 Å². The molecule has 5 heteroatoms. The lowest BCUT2D eigenvalue weighted by Gasteiger charge is -2.11. The van der Waals surface area contributed by atoms with Gasteiger partial charge in [0.25, 0.3) is 0 Å². The van der Waals surface area contributed by atoms with Crippen molar-refractivity contribution in [3.63, 3.8) is 0 Å². The lowest BCUT2D eigenvalue weighted by Crippen LogP contribution is -1.98. The van der Waals surface area contributed by atoms with Crippen molar-refractivity contribution in [3.05, 3.63) is 46.3 Å². The first-order chi connectivity index (χ1) is 8.60. The Balaban J connectivity index is 2.33.